The maximum atomic E-state index is 12.5. The second kappa shape index (κ2) is 6.36. The topological polar surface area (TPSA) is 64.1 Å². The molecular formula is C16H13N3O2S. The van der Waals surface area contributed by atoms with E-state index < -0.39 is 0 Å². The first-order chi connectivity index (χ1) is 10.8. The van der Waals surface area contributed by atoms with Crippen LogP contribution in [0.3, 0.4) is 0 Å². The molecule has 3 rings (SSSR count). The summed E-state index contributed by atoms with van der Waals surface area (Å²) >= 11 is 1.16. The molecule has 0 bridgehead atoms. The van der Waals surface area contributed by atoms with Gasteiger partial charge in [-0.3, -0.25) is 4.79 Å². The molecule has 5 nitrogen and oxygen atoms in total. The lowest BCUT2D eigenvalue weighted by atomic mass is 10.1. The molecule has 0 aliphatic heterocycles. The third-order valence-corrected chi connectivity index (χ3v) is 3.73. The average Bonchev–Trinajstić information content (AvgIpc) is 3.03. The van der Waals surface area contributed by atoms with Crippen LogP contribution in [0.4, 0.5) is 10.7 Å². The quantitative estimate of drug-likeness (QED) is 0.730. The van der Waals surface area contributed by atoms with Crippen molar-refractivity contribution < 1.29 is 9.53 Å². The van der Waals surface area contributed by atoms with Crippen LogP contribution in [0, 0.1) is 0 Å². The molecule has 0 aliphatic rings. The highest BCUT2D eigenvalue weighted by Gasteiger charge is 2.18. The summed E-state index contributed by atoms with van der Waals surface area (Å²) in [6.07, 6.45) is 0. The highest BCUT2D eigenvalue weighted by Crippen LogP contribution is 2.25. The maximum absolute atomic E-state index is 12.5. The van der Waals surface area contributed by atoms with Crippen LogP contribution in [0.25, 0.3) is 0 Å². The summed E-state index contributed by atoms with van der Waals surface area (Å²) in [6.45, 7) is 0. The number of para-hydroxylation sites is 1. The summed E-state index contributed by atoms with van der Waals surface area (Å²) in [6, 6.07) is 16.5. The molecule has 0 fully saturated rings. The Morgan fingerprint density at radius 3 is 2.50 bits per heavy atom. The van der Waals surface area contributed by atoms with Gasteiger partial charge in [0.15, 0.2) is 5.69 Å². The highest BCUT2D eigenvalue weighted by atomic mass is 32.1. The number of methoxy groups -OCH3 is 1. The van der Waals surface area contributed by atoms with E-state index in [1.54, 1.807) is 31.4 Å². The van der Waals surface area contributed by atoms with Gasteiger partial charge >= 0.3 is 0 Å². The van der Waals surface area contributed by atoms with Gasteiger partial charge in [0.25, 0.3) is 0 Å². The third kappa shape index (κ3) is 2.96. The van der Waals surface area contributed by atoms with Crippen molar-refractivity contribution in [2.45, 2.75) is 0 Å². The lowest BCUT2D eigenvalue weighted by Crippen LogP contribution is -2.05. The summed E-state index contributed by atoms with van der Waals surface area (Å²) in [7, 11) is 1.59. The Kier molecular flexibility index (Phi) is 4.11. The zero-order valence-corrected chi connectivity index (χ0v) is 12.6. The van der Waals surface area contributed by atoms with Crippen LogP contribution in [-0.4, -0.2) is 22.5 Å². The number of anilines is 2. The largest absolute Gasteiger partial charge is 0.497 e. The molecule has 0 saturated carbocycles. The molecular weight excluding hydrogens is 298 g/mol. The molecule has 0 atom stereocenters. The molecule has 0 saturated heterocycles. The molecule has 2 aromatic carbocycles. The predicted octanol–water partition coefficient (Wildman–Crippen LogP) is 3.52. The van der Waals surface area contributed by atoms with E-state index in [4.69, 9.17) is 4.74 Å². The van der Waals surface area contributed by atoms with E-state index >= 15 is 0 Å². The number of nitrogens with one attached hydrogen (secondary N) is 1. The number of hydrogen-bond acceptors (Lipinski definition) is 6. The zero-order valence-electron chi connectivity index (χ0n) is 11.8. The van der Waals surface area contributed by atoms with Crippen molar-refractivity contribution in [3.8, 4) is 5.75 Å². The number of carbonyl (C=O) groups excluding carboxylic acids is 1. The van der Waals surface area contributed by atoms with Crippen LogP contribution in [0.1, 0.15) is 16.1 Å². The van der Waals surface area contributed by atoms with Crippen LogP contribution < -0.4 is 10.1 Å². The van der Waals surface area contributed by atoms with Gasteiger partial charge in [-0.2, -0.15) is 0 Å². The van der Waals surface area contributed by atoms with Gasteiger partial charge in [0.2, 0.25) is 5.78 Å². The van der Waals surface area contributed by atoms with Crippen molar-refractivity contribution in [2.24, 2.45) is 0 Å². The second-order valence-electron chi connectivity index (χ2n) is 4.50. The molecule has 3 aromatic rings. The molecule has 6 heteroatoms. The minimum Gasteiger partial charge on any atom is -0.497 e. The first-order valence-electron chi connectivity index (χ1n) is 6.61. The number of carbonyl (C=O) groups is 1. The fraction of sp³-hybridized carbons (Fsp3) is 0.0625. The third-order valence-electron chi connectivity index (χ3n) is 3.09. The van der Waals surface area contributed by atoms with E-state index in [1.807, 2.05) is 30.3 Å². The predicted molar refractivity (Wildman–Crippen MR) is 86.1 cm³/mol. The van der Waals surface area contributed by atoms with Crippen molar-refractivity contribution in [2.75, 3.05) is 12.4 Å². The highest BCUT2D eigenvalue weighted by molar-refractivity contribution is 7.10. The van der Waals surface area contributed by atoms with E-state index in [0.717, 1.165) is 17.2 Å². The van der Waals surface area contributed by atoms with Gasteiger partial charge < -0.3 is 10.1 Å². The van der Waals surface area contributed by atoms with E-state index in [2.05, 4.69) is 14.9 Å². The maximum Gasteiger partial charge on any atom is 0.216 e. The first kappa shape index (κ1) is 14.2. The zero-order chi connectivity index (χ0) is 15.4. The SMILES string of the molecule is COc1ccc(C(=O)c2nnsc2Nc2ccccc2)cc1. The molecule has 1 N–H and O–H groups in total. The Hall–Kier alpha value is -2.73. The van der Waals surface area contributed by atoms with Crippen LogP contribution in [0.2, 0.25) is 0 Å². The average molecular weight is 311 g/mol. The molecule has 1 heterocycles. The van der Waals surface area contributed by atoms with Crippen LogP contribution in [0.15, 0.2) is 54.6 Å². The van der Waals surface area contributed by atoms with Gasteiger partial charge in [-0.25, -0.2) is 0 Å². The number of ketones is 1. The summed E-state index contributed by atoms with van der Waals surface area (Å²) < 4.78 is 8.98. The molecule has 110 valence electrons. The van der Waals surface area contributed by atoms with Gasteiger partial charge in [-0.05, 0) is 36.4 Å². The Morgan fingerprint density at radius 2 is 1.82 bits per heavy atom. The number of ether oxygens (including phenoxy) is 1. The van der Waals surface area contributed by atoms with Gasteiger partial charge in [0.05, 0.1) is 7.11 Å². The monoisotopic (exact) mass is 311 g/mol. The molecule has 0 unspecified atom stereocenters. The summed E-state index contributed by atoms with van der Waals surface area (Å²) in [5.41, 5.74) is 1.75. The Labute approximate surface area is 131 Å². The Bertz CT molecular complexity index is 770. The van der Waals surface area contributed by atoms with E-state index in [9.17, 15) is 4.79 Å². The first-order valence-corrected chi connectivity index (χ1v) is 7.38. The molecule has 0 radical (unpaired) electrons. The van der Waals surface area contributed by atoms with Crippen molar-refractivity contribution in [1.82, 2.24) is 9.59 Å². The lowest BCUT2D eigenvalue weighted by molar-refractivity contribution is 0.103. The van der Waals surface area contributed by atoms with Crippen molar-refractivity contribution >= 4 is 28.0 Å². The number of hydrogen-bond donors (Lipinski definition) is 1. The number of benzene rings is 2. The molecule has 0 aliphatic carbocycles. The lowest BCUT2D eigenvalue weighted by Gasteiger charge is -2.05. The fourth-order valence-electron chi connectivity index (χ4n) is 1.95. The minimum absolute atomic E-state index is 0.171. The van der Waals surface area contributed by atoms with Crippen LogP contribution in [-0.2, 0) is 0 Å². The second-order valence-corrected chi connectivity index (χ2v) is 5.25. The molecule has 0 spiro atoms. The number of nitrogens with zero attached hydrogens (tertiary/aromatic N) is 2. The molecule has 1 aromatic heterocycles. The summed E-state index contributed by atoms with van der Waals surface area (Å²) in [5, 5.41) is 7.76. The van der Waals surface area contributed by atoms with Gasteiger partial charge in [0, 0.05) is 22.8 Å². The van der Waals surface area contributed by atoms with E-state index in [1.165, 1.54) is 0 Å². The molecule has 0 amide bonds. The standard InChI is InChI=1S/C16H13N3O2S/c1-21-13-9-7-11(8-10-13)15(20)14-16(22-19-18-14)17-12-5-3-2-4-6-12/h2-10,17H,1H3. The Balaban J connectivity index is 1.85. The van der Waals surface area contributed by atoms with Crippen molar-refractivity contribution in [3.63, 3.8) is 0 Å². The summed E-state index contributed by atoms with van der Waals surface area (Å²) in [4.78, 5) is 12.5. The number of aromatic nitrogens is 2. The van der Waals surface area contributed by atoms with E-state index in [-0.39, 0.29) is 5.78 Å². The summed E-state index contributed by atoms with van der Waals surface area (Å²) in [5.74, 6) is 0.533. The van der Waals surface area contributed by atoms with E-state index in [0.29, 0.717) is 22.0 Å². The van der Waals surface area contributed by atoms with Gasteiger partial charge in [-0.1, -0.05) is 22.7 Å². The van der Waals surface area contributed by atoms with Gasteiger partial charge in [0.1, 0.15) is 10.8 Å². The van der Waals surface area contributed by atoms with Gasteiger partial charge in [-0.15, -0.1) is 5.10 Å². The Morgan fingerprint density at radius 1 is 1.09 bits per heavy atom. The smallest absolute Gasteiger partial charge is 0.216 e. The normalized spacial score (nSPS) is 10.2. The minimum atomic E-state index is -0.171. The van der Waals surface area contributed by atoms with Crippen molar-refractivity contribution in [3.05, 3.63) is 65.9 Å². The van der Waals surface area contributed by atoms with Crippen LogP contribution >= 0.6 is 11.5 Å². The van der Waals surface area contributed by atoms with Crippen molar-refractivity contribution in [1.29, 1.82) is 0 Å². The molecule has 22 heavy (non-hydrogen) atoms. The fourth-order valence-corrected chi connectivity index (χ4v) is 2.54. The number of rotatable bonds is 5. The van der Waals surface area contributed by atoms with Crippen LogP contribution in [0.5, 0.6) is 5.75 Å².